The minimum Gasteiger partial charge on any atom is -0.388 e. The highest BCUT2D eigenvalue weighted by molar-refractivity contribution is 6.02. The number of piperidine rings is 1. The van der Waals surface area contributed by atoms with Gasteiger partial charge in [-0.05, 0) is 33.2 Å². The number of amides is 1. The molecule has 0 N–H and O–H groups in total. The Morgan fingerprint density at radius 1 is 0.895 bits per heavy atom. The van der Waals surface area contributed by atoms with E-state index in [0.29, 0.717) is 13.1 Å². The first-order valence-electron chi connectivity index (χ1n) is 13.5. The van der Waals surface area contributed by atoms with Crippen molar-refractivity contribution >= 4 is 23.3 Å². The molecule has 0 aliphatic carbocycles. The summed E-state index contributed by atoms with van der Waals surface area (Å²) in [6, 6.07) is 29.0. The van der Waals surface area contributed by atoms with E-state index in [0.717, 1.165) is 47.2 Å². The van der Waals surface area contributed by atoms with Gasteiger partial charge in [0.05, 0.1) is 5.71 Å². The van der Waals surface area contributed by atoms with E-state index in [2.05, 4.69) is 80.5 Å². The molecule has 0 aromatic heterocycles. The quantitative estimate of drug-likeness (QED) is 0.271. The predicted molar refractivity (Wildman–Crippen MR) is 156 cm³/mol. The van der Waals surface area contributed by atoms with Gasteiger partial charge in [0.25, 0.3) is 0 Å². The van der Waals surface area contributed by atoms with E-state index in [9.17, 15) is 4.79 Å². The van der Waals surface area contributed by atoms with Gasteiger partial charge in [-0.3, -0.25) is 4.79 Å². The largest absolute Gasteiger partial charge is 0.388 e. The highest BCUT2D eigenvalue weighted by Crippen LogP contribution is 2.36. The Kier molecular flexibility index (Phi) is 7.33. The van der Waals surface area contributed by atoms with Crippen LogP contribution >= 0.6 is 0 Å². The fraction of sp³-hybridized carbons (Fsp3) is 0.294. The molecule has 2 aliphatic heterocycles. The lowest BCUT2D eigenvalue weighted by Crippen LogP contribution is -2.46. The van der Waals surface area contributed by atoms with Crippen LogP contribution in [0, 0.1) is 0 Å². The lowest BCUT2D eigenvalue weighted by atomic mass is 9.85. The molecule has 0 bridgehead atoms. The smallest absolute Gasteiger partial charge is 0.247 e. The van der Waals surface area contributed by atoms with E-state index in [1.807, 2.05) is 47.4 Å². The second-order valence-corrected chi connectivity index (χ2v) is 11.4. The molecule has 0 unspecified atom stereocenters. The van der Waals surface area contributed by atoms with Gasteiger partial charge in [-0.15, -0.1) is 0 Å². The van der Waals surface area contributed by atoms with Crippen LogP contribution in [0.5, 0.6) is 0 Å². The van der Waals surface area contributed by atoms with Crippen molar-refractivity contribution in [3.63, 3.8) is 0 Å². The minimum atomic E-state index is -0.301. The van der Waals surface area contributed by atoms with Crippen LogP contribution < -0.4 is 0 Å². The molecule has 0 saturated carbocycles. The van der Waals surface area contributed by atoms with Gasteiger partial charge in [-0.2, -0.15) is 0 Å². The molecule has 5 rings (SSSR count). The van der Waals surface area contributed by atoms with Crippen molar-refractivity contribution in [2.24, 2.45) is 5.16 Å². The molecule has 0 radical (unpaired) electrons. The Morgan fingerprint density at radius 3 is 2.16 bits per heavy atom. The van der Waals surface area contributed by atoms with E-state index in [-0.39, 0.29) is 16.9 Å². The molecule has 1 amide bonds. The zero-order valence-electron chi connectivity index (χ0n) is 22.6. The second-order valence-electron chi connectivity index (χ2n) is 11.4. The van der Waals surface area contributed by atoms with Crippen molar-refractivity contribution in [3.05, 3.63) is 119 Å². The van der Waals surface area contributed by atoms with Crippen LogP contribution in [-0.2, 0) is 15.0 Å². The number of nitrogens with zero attached hydrogens (tertiary/aromatic N) is 2. The first-order chi connectivity index (χ1) is 18.3. The zero-order valence-corrected chi connectivity index (χ0v) is 22.6. The Labute approximate surface area is 226 Å². The number of hydrogen-bond acceptors (Lipinski definition) is 3. The number of allylic oxidation sites excluding steroid dienone is 2. The van der Waals surface area contributed by atoms with E-state index >= 15 is 0 Å². The molecule has 2 aliphatic rings. The molecule has 3 aromatic rings. The summed E-state index contributed by atoms with van der Waals surface area (Å²) in [5, 5.41) is 4.41. The van der Waals surface area contributed by atoms with Crippen LogP contribution in [-0.4, -0.2) is 35.2 Å². The third kappa shape index (κ3) is 5.96. The van der Waals surface area contributed by atoms with Gasteiger partial charge >= 0.3 is 0 Å². The lowest BCUT2D eigenvalue weighted by molar-refractivity contribution is -0.131. The summed E-state index contributed by atoms with van der Waals surface area (Å²) in [7, 11) is 0. The summed E-state index contributed by atoms with van der Waals surface area (Å²) >= 11 is 0. The SMILES string of the molecule is CC(C)(C)c1ccc(C(/C=C/c2ccccc2)=C/C(=O)N2CCC3(CC2)CC(c2ccccc2)=NO3)cc1. The van der Waals surface area contributed by atoms with E-state index in [1.54, 1.807) is 6.08 Å². The molecule has 1 spiro atoms. The molecule has 1 fully saturated rings. The van der Waals surface area contributed by atoms with Gasteiger partial charge in [0.2, 0.25) is 5.91 Å². The third-order valence-electron chi connectivity index (χ3n) is 7.55. The summed E-state index contributed by atoms with van der Waals surface area (Å²) in [6.45, 7) is 7.95. The summed E-state index contributed by atoms with van der Waals surface area (Å²) in [4.78, 5) is 21.4. The van der Waals surface area contributed by atoms with Crippen molar-refractivity contribution in [1.29, 1.82) is 0 Å². The monoisotopic (exact) mass is 504 g/mol. The summed E-state index contributed by atoms with van der Waals surface area (Å²) in [5.41, 5.74) is 6.20. The number of rotatable bonds is 5. The number of carbonyl (C=O) groups excluding carboxylic acids is 1. The van der Waals surface area contributed by atoms with E-state index < -0.39 is 0 Å². The minimum absolute atomic E-state index is 0.0367. The Morgan fingerprint density at radius 2 is 1.53 bits per heavy atom. The molecule has 2 heterocycles. The molecular formula is C34H36N2O2. The fourth-order valence-electron chi connectivity index (χ4n) is 5.07. The molecule has 3 aromatic carbocycles. The molecule has 1 saturated heterocycles. The lowest BCUT2D eigenvalue weighted by Gasteiger charge is -2.36. The van der Waals surface area contributed by atoms with E-state index in [4.69, 9.17) is 4.84 Å². The average Bonchev–Trinajstić information content (AvgIpc) is 3.35. The maximum atomic E-state index is 13.5. The van der Waals surface area contributed by atoms with Gasteiger partial charge < -0.3 is 9.74 Å². The van der Waals surface area contributed by atoms with Gasteiger partial charge in [0.15, 0.2) is 0 Å². The number of oxime groups is 1. The number of likely N-dealkylation sites (tertiary alicyclic amines) is 1. The van der Waals surface area contributed by atoms with Crippen LogP contribution in [0.15, 0.2) is 102 Å². The molecule has 38 heavy (non-hydrogen) atoms. The zero-order chi connectivity index (χ0) is 26.6. The van der Waals surface area contributed by atoms with Gasteiger partial charge in [-0.25, -0.2) is 0 Å². The van der Waals surface area contributed by atoms with Crippen LogP contribution in [0.25, 0.3) is 11.6 Å². The van der Waals surface area contributed by atoms with Crippen molar-refractivity contribution in [1.82, 2.24) is 4.90 Å². The van der Waals surface area contributed by atoms with Gasteiger partial charge in [0, 0.05) is 38.4 Å². The average molecular weight is 505 g/mol. The van der Waals surface area contributed by atoms with Crippen molar-refractivity contribution in [3.8, 4) is 0 Å². The first-order valence-corrected chi connectivity index (χ1v) is 13.5. The summed E-state index contributed by atoms with van der Waals surface area (Å²) < 4.78 is 0. The predicted octanol–water partition coefficient (Wildman–Crippen LogP) is 7.27. The van der Waals surface area contributed by atoms with Crippen molar-refractivity contribution in [2.75, 3.05) is 13.1 Å². The molecular weight excluding hydrogens is 468 g/mol. The molecule has 194 valence electrons. The Balaban J connectivity index is 1.31. The van der Waals surface area contributed by atoms with Crippen LogP contribution in [0.2, 0.25) is 0 Å². The second kappa shape index (κ2) is 10.8. The maximum Gasteiger partial charge on any atom is 0.247 e. The van der Waals surface area contributed by atoms with Crippen LogP contribution in [0.1, 0.15) is 62.3 Å². The van der Waals surface area contributed by atoms with Crippen LogP contribution in [0.4, 0.5) is 0 Å². The highest BCUT2D eigenvalue weighted by Gasteiger charge is 2.42. The normalized spacial score (nSPS) is 17.5. The topological polar surface area (TPSA) is 41.9 Å². The van der Waals surface area contributed by atoms with Gasteiger partial charge in [0.1, 0.15) is 5.60 Å². The first kappa shape index (κ1) is 25.7. The highest BCUT2D eigenvalue weighted by atomic mass is 16.7. The van der Waals surface area contributed by atoms with Crippen molar-refractivity contribution in [2.45, 2.75) is 51.0 Å². The van der Waals surface area contributed by atoms with Gasteiger partial charge in [-0.1, -0.05) is 123 Å². The molecule has 4 heteroatoms. The van der Waals surface area contributed by atoms with E-state index in [1.165, 1.54) is 5.56 Å². The summed E-state index contributed by atoms with van der Waals surface area (Å²) in [6.07, 6.45) is 8.25. The molecule has 0 atom stereocenters. The standard InChI is InChI=1S/C34H36N2O2/c1-33(2,3)30-18-16-27(17-19-30)29(15-14-26-10-6-4-7-11-26)24-32(37)36-22-20-34(21-23-36)25-31(35-38-34)28-12-8-5-9-13-28/h4-19,24H,20-23,25H2,1-3H3/b15-14+,29-24+. The fourth-order valence-corrected chi connectivity index (χ4v) is 5.07. The van der Waals surface area contributed by atoms with Crippen LogP contribution in [0.3, 0.4) is 0 Å². The Hall–Kier alpha value is -3.92. The Bertz CT molecular complexity index is 1340. The van der Waals surface area contributed by atoms with Crippen molar-refractivity contribution < 1.29 is 9.63 Å². The number of hydrogen-bond donors (Lipinski definition) is 0. The summed E-state index contributed by atoms with van der Waals surface area (Å²) in [5.74, 6) is 0.0367. The number of benzene rings is 3. The maximum absolute atomic E-state index is 13.5. The number of carbonyl (C=O) groups is 1. The molecule has 4 nitrogen and oxygen atoms in total. The third-order valence-corrected chi connectivity index (χ3v) is 7.55.